The molecule has 2 aromatic heterocycles. The van der Waals surface area contributed by atoms with Crippen molar-refractivity contribution in [2.24, 2.45) is 0 Å². The Morgan fingerprint density at radius 3 is 2.93 bits per heavy atom. The molecule has 0 bridgehead atoms. The molecule has 76 valence electrons. The molecule has 0 unspecified atom stereocenters. The smallest absolute Gasteiger partial charge is 0.222 e. The van der Waals surface area contributed by atoms with Gasteiger partial charge in [-0.1, -0.05) is 6.07 Å². The average Bonchev–Trinajstić information content (AvgIpc) is 2.25. The average molecular weight is 220 g/mol. The van der Waals surface area contributed by atoms with E-state index >= 15 is 0 Å². The van der Waals surface area contributed by atoms with Crippen LogP contribution in [0, 0.1) is 6.92 Å². The highest BCUT2D eigenvalue weighted by Crippen LogP contribution is 2.11. The molecule has 0 saturated carbocycles. The van der Waals surface area contributed by atoms with Crippen molar-refractivity contribution in [3.63, 3.8) is 0 Å². The van der Waals surface area contributed by atoms with E-state index in [4.69, 9.17) is 11.6 Å². The molecule has 0 atom stereocenters. The summed E-state index contributed by atoms with van der Waals surface area (Å²) in [4.78, 5) is 12.2. The van der Waals surface area contributed by atoms with Gasteiger partial charge in [-0.3, -0.25) is 4.98 Å². The molecule has 0 N–H and O–H groups in total. The van der Waals surface area contributed by atoms with Gasteiger partial charge in [-0.15, -0.1) is 0 Å². The second-order valence-electron chi connectivity index (χ2n) is 3.31. The lowest BCUT2D eigenvalue weighted by Gasteiger charge is -2.04. The minimum atomic E-state index is 0.291. The Kier molecular flexibility index (Phi) is 2.92. The van der Waals surface area contributed by atoms with Crippen molar-refractivity contribution in [2.75, 3.05) is 0 Å². The summed E-state index contributed by atoms with van der Waals surface area (Å²) in [5.41, 5.74) is 3.11. The molecule has 0 aliphatic carbocycles. The summed E-state index contributed by atoms with van der Waals surface area (Å²) in [7, 11) is 0. The van der Waals surface area contributed by atoms with Gasteiger partial charge in [-0.05, 0) is 35.7 Å². The van der Waals surface area contributed by atoms with Gasteiger partial charge in [0.15, 0.2) is 0 Å². The van der Waals surface area contributed by atoms with Gasteiger partial charge in [0.05, 0.1) is 5.69 Å². The molecule has 3 nitrogen and oxygen atoms in total. The summed E-state index contributed by atoms with van der Waals surface area (Å²) in [6.07, 6.45) is 6.06. The third-order valence-electron chi connectivity index (χ3n) is 2.14. The maximum atomic E-state index is 5.75. The second kappa shape index (κ2) is 4.36. The number of hydrogen-bond acceptors (Lipinski definition) is 3. The van der Waals surface area contributed by atoms with Gasteiger partial charge in [0, 0.05) is 25.0 Å². The minimum Gasteiger partial charge on any atom is -0.264 e. The quantitative estimate of drug-likeness (QED) is 0.729. The largest absolute Gasteiger partial charge is 0.264 e. The molecule has 2 rings (SSSR count). The lowest BCUT2D eigenvalue weighted by atomic mass is 10.1. The van der Waals surface area contributed by atoms with Crippen LogP contribution in [-0.4, -0.2) is 15.0 Å². The summed E-state index contributed by atoms with van der Waals surface area (Å²) in [6.45, 7) is 1.97. The fraction of sp³-hybridized carbons (Fsp3) is 0.182. The van der Waals surface area contributed by atoms with E-state index in [2.05, 4.69) is 15.0 Å². The summed E-state index contributed by atoms with van der Waals surface area (Å²) in [5.74, 6) is 0. The molecule has 0 radical (unpaired) electrons. The number of hydrogen-bond donors (Lipinski definition) is 0. The molecule has 0 aliphatic heterocycles. The van der Waals surface area contributed by atoms with Gasteiger partial charge in [0.1, 0.15) is 0 Å². The van der Waals surface area contributed by atoms with E-state index in [9.17, 15) is 0 Å². The van der Waals surface area contributed by atoms with Crippen molar-refractivity contribution < 1.29 is 0 Å². The molecular formula is C11H10ClN3. The van der Waals surface area contributed by atoms with Crippen LogP contribution >= 0.6 is 11.6 Å². The first-order chi connectivity index (χ1) is 7.25. The van der Waals surface area contributed by atoms with Gasteiger partial charge in [-0.25, -0.2) is 9.97 Å². The standard InChI is InChI=1S/C11H10ClN3/c1-8-6-14-11(12)15-10(8)5-9-3-2-4-13-7-9/h2-4,6-7H,5H2,1H3. The zero-order chi connectivity index (χ0) is 10.7. The zero-order valence-electron chi connectivity index (χ0n) is 8.31. The van der Waals surface area contributed by atoms with Crippen molar-refractivity contribution in [2.45, 2.75) is 13.3 Å². The van der Waals surface area contributed by atoms with E-state index in [1.54, 1.807) is 12.4 Å². The second-order valence-corrected chi connectivity index (χ2v) is 3.64. The Hall–Kier alpha value is -1.48. The number of rotatable bonds is 2. The van der Waals surface area contributed by atoms with E-state index in [0.717, 1.165) is 23.2 Å². The number of nitrogens with zero attached hydrogens (tertiary/aromatic N) is 3. The predicted molar refractivity (Wildman–Crippen MR) is 58.8 cm³/mol. The van der Waals surface area contributed by atoms with Gasteiger partial charge in [0.25, 0.3) is 0 Å². The van der Waals surface area contributed by atoms with E-state index < -0.39 is 0 Å². The fourth-order valence-electron chi connectivity index (χ4n) is 1.33. The van der Waals surface area contributed by atoms with Crippen molar-refractivity contribution >= 4 is 11.6 Å². The molecule has 2 heterocycles. The first-order valence-electron chi connectivity index (χ1n) is 4.62. The molecule has 15 heavy (non-hydrogen) atoms. The van der Waals surface area contributed by atoms with Crippen molar-refractivity contribution in [1.29, 1.82) is 0 Å². The maximum Gasteiger partial charge on any atom is 0.222 e. The zero-order valence-corrected chi connectivity index (χ0v) is 9.07. The van der Waals surface area contributed by atoms with Crippen LogP contribution in [0.1, 0.15) is 16.8 Å². The Bertz CT molecular complexity index is 457. The molecule has 0 saturated heterocycles. The van der Waals surface area contributed by atoms with Crippen molar-refractivity contribution in [3.8, 4) is 0 Å². The molecular weight excluding hydrogens is 210 g/mol. The monoisotopic (exact) mass is 219 g/mol. The Balaban J connectivity index is 2.28. The van der Waals surface area contributed by atoms with Gasteiger partial charge < -0.3 is 0 Å². The van der Waals surface area contributed by atoms with Crippen molar-refractivity contribution in [3.05, 3.63) is 52.8 Å². The summed E-state index contributed by atoms with van der Waals surface area (Å²) >= 11 is 5.75. The van der Waals surface area contributed by atoms with Crippen LogP contribution in [0.15, 0.2) is 30.7 Å². The van der Waals surface area contributed by atoms with Crippen molar-refractivity contribution in [1.82, 2.24) is 15.0 Å². The normalized spacial score (nSPS) is 10.3. The van der Waals surface area contributed by atoms with Crippen LogP contribution in [0.5, 0.6) is 0 Å². The van der Waals surface area contributed by atoms with E-state index in [0.29, 0.717) is 5.28 Å². The number of aromatic nitrogens is 3. The third kappa shape index (κ3) is 2.50. The van der Waals surface area contributed by atoms with Crippen LogP contribution in [0.2, 0.25) is 5.28 Å². The predicted octanol–water partition coefficient (Wildman–Crippen LogP) is 2.42. The lowest BCUT2D eigenvalue weighted by molar-refractivity contribution is 0.989. The Morgan fingerprint density at radius 2 is 2.20 bits per heavy atom. The highest BCUT2D eigenvalue weighted by molar-refractivity contribution is 6.28. The number of aryl methyl sites for hydroxylation is 1. The first-order valence-corrected chi connectivity index (χ1v) is 5.00. The maximum absolute atomic E-state index is 5.75. The summed E-state index contributed by atoms with van der Waals surface area (Å²) < 4.78 is 0. The van der Waals surface area contributed by atoms with Crippen LogP contribution < -0.4 is 0 Å². The highest BCUT2D eigenvalue weighted by Gasteiger charge is 2.03. The summed E-state index contributed by atoms with van der Waals surface area (Å²) in [6, 6.07) is 3.93. The first kappa shape index (κ1) is 10.1. The van der Waals surface area contributed by atoms with Crippen LogP contribution in [0.3, 0.4) is 0 Å². The summed E-state index contributed by atoms with van der Waals surface area (Å²) in [5, 5.41) is 0.291. The Morgan fingerprint density at radius 1 is 1.33 bits per heavy atom. The molecule has 4 heteroatoms. The molecule has 0 fully saturated rings. The highest BCUT2D eigenvalue weighted by atomic mass is 35.5. The number of halogens is 1. The molecule has 0 amide bonds. The Labute approximate surface area is 93.2 Å². The molecule has 2 aromatic rings. The van der Waals surface area contributed by atoms with Crippen LogP contribution in [0.4, 0.5) is 0 Å². The van der Waals surface area contributed by atoms with E-state index in [-0.39, 0.29) is 0 Å². The third-order valence-corrected chi connectivity index (χ3v) is 2.32. The van der Waals surface area contributed by atoms with Gasteiger partial charge in [-0.2, -0.15) is 0 Å². The molecule has 0 aliphatic rings. The lowest BCUT2D eigenvalue weighted by Crippen LogP contribution is -1.98. The SMILES string of the molecule is Cc1cnc(Cl)nc1Cc1cccnc1. The van der Waals surface area contributed by atoms with Gasteiger partial charge >= 0.3 is 0 Å². The van der Waals surface area contributed by atoms with Crippen LogP contribution in [-0.2, 0) is 6.42 Å². The molecule has 0 spiro atoms. The van der Waals surface area contributed by atoms with Crippen LogP contribution in [0.25, 0.3) is 0 Å². The topological polar surface area (TPSA) is 38.7 Å². The van der Waals surface area contributed by atoms with Gasteiger partial charge in [0.2, 0.25) is 5.28 Å². The minimum absolute atomic E-state index is 0.291. The number of pyridine rings is 1. The van der Waals surface area contributed by atoms with E-state index in [1.165, 1.54) is 0 Å². The van der Waals surface area contributed by atoms with E-state index in [1.807, 2.05) is 25.3 Å². The fourth-order valence-corrected chi connectivity index (χ4v) is 1.48. The molecule has 0 aromatic carbocycles.